The third-order valence-electron chi connectivity index (χ3n) is 2.98. The molecule has 1 heterocycles. The molecule has 7 heteroatoms. The molecule has 0 saturated heterocycles. The molecule has 114 valence electrons. The van der Waals surface area contributed by atoms with E-state index in [-0.39, 0.29) is 18.7 Å². The molecular weight excluding hydrogens is 290 g/mol. The molecule has 0 aliphatic heterocycles. The number of benzene rings is 1. The Hall–Kier alpha value is -1.86. The molecule has 0 bridgehead atoms. The second kappa shape index (κ2) is 6.28. The summed E-state index contributed by atoms with van der Waals surface area (Å²) in [5, 5.41) is 12.0. The lowest BCUT2D eigenvalue weighted by molar-refractivity contribution is -0.137. The molecule has 0 fully saturated rings. The van der Waals surface area contributed by atoms with Gasteiger partial charge in [-0.1, -0.05) is 0 Å². The van der Waals surface area contributed by atoms with Gasteiger partial charge in [0.2, 0.25) is 0 Å². The summed E-state index contributed by atoms with van der Waals surface area (Å²) >= 11 is 0. The van der Waals surface area contributed by atoms with Gasteiger partial charge in [0, 0.05) is 12.1 Å². The number of hydrogen-bond donors (Lipinski definition) is 2. The number of furan rings is 1. The van der Waals surface area contributed by atoms with E-state index in [9.17, 15) is 22.7 Å². The summed E-state index contributed by atoms with van der Waals surface area (Å²) in [5.74, 6) is -0.323. The van der Waals surface area contributed by atoms with Gasteiger partial charge in [0.15, 0.2) is 0 Å². The molecule has 0 spiro atoms. The van der Waals surface area contributed by atoms with Gasteiger partial charge in [-0.15, -0.1) is 0 Å². The summed E-state index contributed by atoms with van der Waals surface area (Å²) in [5.41, 5.74) is -1.05. The van der Waals surface area contributed by atoms with Crippen LogP contribution >= 0.6 is 0 Å². The van der Waals surface area contributed by atoms with Crippen LogP contribution in [0.4, 0.5) is 17.6 Å². The lowest BCUT2D eigenvalue weighted by atomic mass is 10.1. The van der Waals surface area contributed by atoms with Crippen LogP contribution in [0.25, 0.3) is 0 Å². The monoisotopic (exact) mass is 303 g/mol. The van der Waals surface area contributed by atoms with Crippen LogP contribution in [0, 0.1) is 5.82 Å². The topological polar surface area (TPSA) is 45.4 Å². The van der Waals surface area contributed by atoms with E-state index in [4.69, 9.17) is 4.42 Å². The highest BCUT2D eigenvalue weighted by molar-refractivity contribution is 5.27. The first-order chi connectivity index (χ1) is 9.91. The first kappa shape index (κ1) is 15.5. The van der Waals surface area contributed by atoms with Crippen LogP contribution in [0.2, 0.25) is 0 Å². The quantitative estimate of drug-likeness (QED) is 0.833. The summed E-state index contributed by atoms with van der Waals surface area (Å²) in [6.07, 6.45) is -3.12. The van der Waals surface area contributed by atoms with E-state index in [1.165, 1.54) is 6.26 Å². The fourth-order valence-electron chi connectivity index (χ4n) is 1.86. The normalized spacial score (nSPS) is 13.4. The fourth-order valence-corrected chi connectivity index (χ4v) is 1.86. The van der Waals surface area contributed by atoms with Gasteiger partial charge in [0.05, 0.1) is 24.5 Å². The Morgan fingerprint density at radius 1 is 1.24 bits per heavy atom. The van der Waals surface area contributed by atoms with E-state index in [0.29, 0.717) is 11.8 Å². The molecule has 0 radical (unpaired) electrons. The molecule has 1 atom stereocenters. The Morgan fingerprint density at radius 2 is 2.00 bits per heavy atom. The highest BCUT2D eigenvalue weighted by atomic mass is 19.4. The highest BCUT2D eigenvalue weighted by Gasteiger charge is 2.31. The van der Waals surface area contributed by atoms with Gasteiger partial charge >= 0.3 is 6.18 Å². The number of aliphatic hydroxyl groups is 1. The first-order valence-corrected chi connectivity index (χ1v) is 6.15. The number of hydrogen-bond acceptors (Lipinski definition) is 3. The number of alkyl halides is 3. The van der Waals surface area contributed by atoms with Gasteiger partial charge in [-0.2, -0.15) is 13.2 Å². The van der Waals surface area contributed by atoms with Crippen molar-refractivity contribution in [1.82, 2.24) is 5.32 Å². The Labute approximate surface area is 118 Å². The minimum absolute atomic E-state index is 0.130. The van der Waals surface area contributed by atoms with Crippen LogP contribution in [0.1, 0.15) is 22.9 Å². The van der Waals surface area contributed by atoms with Crippen LogP contribution in [-0.2, 0) is 12.7 Å². The van der Waals surface area contributed by atoms with Crippen molar-refractivity contribution in [2.75, 3.05) is 6.61 Å². The molecule has 2 rings (SSSR count). The Morgan fingerprint density at radius 3 is 2.57 bits per heavy atom. The molecule has 2 aromatic rings. The van der Waals surface area contributed by atoms with Crippen LogP contribution in [-0.4, -0.2) is 11.7 Å². The predicted octanol–water partition coefficient (Wildman–Crippen LogP) is 3.26. The maximum atomic E-state index is 13.6. The van der Waals surface area contributed by atoms with E-state index in [1.54, 1.807) is 12.1 Å². The summed E-state index contributed by atoms with van der Waals surface area (Å²) in [4.78, 5) is 0. The summed E-state index contributed by atoms with van der Waals surface area (Å²) < 4.78 is 56.4. The smallest absolute Gasteiger partial charge is 0.416 e. The van der Waals surface area contributed by atoms with Gasteiger partial charge in [0.1, 0.15) is 11.6 Å². The molecule has 0 aliphatic carbocycles. The zero-order chi connectivity index (χ0) is 15.5. The number of nitrogens with one attached hydrogen (secondary N) is 1. The van der Waals surface area contributed by atoms with Crippen molar-refractivity contribution in [1.29, 1.82) is 0 Å². The predicted molar refractivity (Wildman–Crippen MR) is 66.8 cm³/mol. The van der Waals surface area contributed by atoms with Crippen molar-refractivity contribution in [2.45, 2.75) is 18.8 Å². The van der Waals surface area contributed by atoms with Gasteiger partial charge < -0.3 is 14.8 Å². The van der Waals surface area contributed by atoms with Crippen molar-refractivity contribution in [3.63, 3.8) is 0 Å². The van der Waals surface area contributed by atoms with Crippen molar-refractivity contribution in [2.24, 2.45) is 0 Å². The molecule has 21 heavy (non-hydrogen) atoms. The lowest BCUT2D eigenvalue weighted by Gasteiger charge is -2.15. The summed E-state index contributed by atoms with van der Waals surface area (Å²) in [6, 6.07) is 4.82. The molecule has 1 unspecified atom stereocenters. The molecule has 0 aliphatic rings. The summed E-state index contributed by atoms with van der Waals surface area (Å²) in [6.45, 7) is -0.490. The fraction of sp³-hybridized carbons (Fsp3) is 0.286. The maximum Gasteiger partial charge on any atom is 0.416 e. The third kappa shape index (κ3) is 3.83. The number of aliphatic hydroxyl groups excluding tert-OH is 1. The van der Waals surface area contributed by atoms with E-state index in [1.807, 2.05) is 0 Å². The van der Waals surface area contributed by atoms with Crippen molar-refractivity contribution >= 4 is 0 Å². The maximum absolute atomic E-state index is 13.6. The van der Waals surface area contributed by atoms with Crippen LogP contribution in [0.15, 0.2) is 41.0 Å². The van der Waals surface area contributed by atoms with Gasteiger partial charge in [-0.05, 0) is 30.3 Å². The van der Waals surface area contributed by atoms with E-state index in [2.05, 4.69) is 5.32 Å². The average Bonchev–Trinajstić information content (AvgIpc) is 2.94. The second-order valence-electron chi connectivity index (χ2n) is 4.44. The number of halogens is 4. The van der Waals surface area contributed by atoms with Gasteiger partial charge in [-0.3, -0.25) is 0 Å². The molecule has 0 saturated carbocycles. The molecular formula is C14H13F4NO2. The van der Waals surface area contributed by atoms with Crippen molar-refractivity contribution < 1.29 is 27.1 Å². The van der Waals surface area contributed by atoms with Crippen LogP contribution in [0.5, 0.6) is 0 Å². The van der Waals surface area contributed by atoms with E-state index < -0.39 is 23.6 Å². The van der Waals surface area contributed by atoms with E-state index >= 15 is 0 Å². The Balaban J connectivity index is 2.12. The minimum atomic E-state index is -4.53. The second-order valence-corrected chi connectivity index (χ2v) is 4.44. The van der Waals surface area contributed by atoms with Crippen LogP contribution < -0.4 is 5.32 Å². The van der Waals surface area contributed by atoms with Gasteiger partial charge in [0.25, 0.3) is 0 Å². The average molecular weight is 303 g/mol. The zero-order valence-corrected chi connectivity index (χ0v) is 10.8. The molecule has 2 N–H and O–H groups in total. The van der Waals surface area contributed by atoms with Crippen molar-refractivity contribution in [3.05, 3.63) is 59.3 Å². The molecule has 0 amide bonds. The largest absolute Gasteiger partial charge is 0.468 e. The Kier molecular flexibility index (Phi) is 4.64. The highest BCUT2D eigenvalue weighted by Crippen LogP contribution is 2.30. The molecule has 1 aromatic carbocycles. The summed E-state index contributed by atoms with van der Waals surface area (Å²) in [7, 11) is 0. The first-order valence-electron chi connectivity index (χ1n) is 6.15. The lowest BCUT2D eigenvalue weighted by Crippen LogP contribution is -2.24. The number of rotatable bonds is 5. The molecule has 3 nitrogen and oxygen atoms in total. The minimum Gasteiger partial charge on any atom is -0.468 e. The zero-order valence-electron chi connectivity index (χ0n) is 10.8. The third-order valence-corrected chi connectivity index (χ3v) is 2.98. The van der Waals surface area contributed by atoms with E-state index in [0.717, 1.165) is 12.1 Å². The molecule has 1 aromatic heterocycles. The Bertz CT molecular complexity index is 581. The standard InChI is InChI=1S/C14H13F4NO2/c15-11-4-3-10(14(16,17)18)6-9(11)7-19-12(8-20)13-2-1-5-21-13/h1-6,12,19-20H,7-8H2. The van der Waals surface area contributed by atoms with Crippen molar-refractivity contribution in [3.8, 4) is 0 Å². The van der Waals surface area contributed by atoms with Crippen LogP contribution in [0.3, 0.4) is 0 Å². The van der Waals surface area contributed by atoms with Gasteiger partial charge in [-0.25, -0.2) is 4.39 Å². The SMILES string of the molecule is OCC(NCc1cc(C(F)(F)F)ccc1F)c1ccco1.